The lowest BCUT2D eigenvalue weighted by atomic mass is 10.1. The molecule has 0 fully saturated rings. The second-order valence-electron chi connectivity index (χ2n) is 9.55. The summed E-state index contributed by atoms with van der Waals surface area (Å²) >= 11 is 0. The van der Waals surface area contributed by atoms with Crippen molar-refractivity contribution in [1.82, 2.24) is 0 Å². The fourth-order valence-electron chi connectivity index (χ4n) is 4.39. The highest BCUT2D eigenvalue weighted by atomic mass is 19.1. The molecule has 0 amide bonds. The Kier molecular flexibility index (Phi) is 9.95. The summed E-state index contributed by atoms with van der Waals surface area (Å²) in [7, 11) is 0. The van der Waals surface area contributed by atoms with Crippen LogP contribution in [-0.2, 0) is 9.59 Å². The number of carbonyl (C=O) groups excluding carboxylic acids is 2. The number of rotatable bonds is 12. The Morgan fingerprint density at radius 3 is 1.82 bits per heavy atom. The van der Waals surface area contributed by atoms with E-state index in [0.29, 0.717) is 35.3 Å². The summed E-state index contributed by atoms with van der Waals surface area (Å²) in [6.45, 7) is 0. The van der Waals surface area contributed by atoms with Crippen LogP contribution >= 0.6 is 0 Å². The standard InChI is InChI=1S/C33H29F2NO4/c34-27-14-11-24(12-15-27)30-18-17-29(21-31(30)35)40-33(38)8-6-4-2-1-3-5-7-32(37)39-28-16-13-25-19-23(22-36)9-10-26(25)20-28/h9-21H,1-8H2. The average Bonchev–Trinajstić information content (AvgIpc) is 2.95. The Balaban J connectivity index is 1.08. The molecule has 0 unspecified atom stereocenters. The van der Waals surface area contributed by atoms with Gasteiger partial charge in [-0.2, -0.15) is 5.26 Å². The van der Waals surface area contributed by atoms with Crippen LogP contribution in [0.5, 0.6) is 11.5 Å². The molecule has 0 aliphatic heterocycles. The van der Waals surface area contributed by atoms with Crippen LogP contribution in [0, 0.1) is 23.0 Å². The number of carbonyl (C=O) groups is 2. The number of benzene rings is 4. The van der Waals surface area contributed by atoms with Gasteiger partial charge in [0.2, 0.25) is 0 Å². The van der Waals surface area contributed by atoms with Crippen LogP contribution in [0.15, 0.2) is 78.9 Å². The van der Waals surface area contributed by atoms with Crippen molar-refractivity contribution in [3.05, 3.63) is 96.1 Å². The highest BCUT2D eigenvalue weighted by molar-refractivity contribution is 5.86. The molecule has 0 aliphatic rings. The molecule has 0 aromatic heterocycles. The number of ether oxygens (including phenoxy) is 2. The van der Waals surface area contributed by atoms with E-state index >= 15 is 0 Å². The lowest BCUT2D eigenvalue weighted by Crippen LogP contribution is -2.08. The molecule has 0 bridgehead atoms. The van der Waals surface area contributed by atoms with Crippen molar-refractivity contribution >= 4 is 22.7 Å². The maximum Gasteiger partial charge on any atom is 0.311 e. The highest BCUT2D eigenvalue weighted by Gasteiger charge is 2.11. The Morgan fingerprint density at radius 2 is 1.20 bits per heavy atom. The molecule has 5 nitrogen and oxygen atoms in total. The second-order valence-corrected chi connectivity index (χ2v) is 9.55. The lowest BCUT2D eigenvalue weighted by Gasteiger charge is -2.08. The van der Waals surface area contributed by atoms with Gasteiger partial charge in [-0.3, -0.25) is 9.59 Å². The summed E-state index contributed by atoms with van der Waals surface area (Å²) in [5.74, 6) is -1.02. The van der Waals surface area contributed by atoms with Crippen molar-refractivity contribution in [3.63, 3.8) is 0 Å². The SMILES string of the molecule is N#Cc1ccc2cc(OC(=O)CCCCCCCCC(=O)Oc3ccc(-c4ccc(F)cc4)c(F)c3)ccc2c1. The quantitative estimate of drug-likeness (QED) is 0.102. The Morgan fingerprint density at radius 1 is 0.650 bits per heavy atom. The number of esters is 2. The van der Waals surface area contributed by atoms with Crippen LogP contribution in [0.4, 0.5) is 8.78 Å². The predicted molar refractivity (Wildman–Crippen MR) is 149 cm³/mol. The predicted octanol–water partition coefficient (Wildman–Crippen LogP) is 8.29. The van der Waals surface area contributed by atoms with E-state index in [4.69, 9.17) is 14.7 Å². The fourth-order valence-corrected chi connectivity index (χ4v) is 4.39. The smallest absolute Gasteiger partial charge is 0.311 e. The number of nitriles is 1. The summed E-state index contributed by atoms with van der Waals surface area (Å²) in [5.41, 5.74) is 1.42. The van der Waals surface area contributed by atoms with E-state index in [1.807, 2.05) is 12.1 Å². The minimum atomic E-state index is -0.548. The van der Waals surface area contributed by atoms with Gasteiger partial charge in [0, 0.05) is 24.5 Å². The molecule has 0 spiro atoms. The summed E-state index contributed by atoms with van der Waals surface area (Å²) in [4.78, 5) is 24.3. The molecule has 4 rings (SSSR count). The second kappa shape index (κ2) is 14.0. The Labute approximate surface area is 232 Å². The third kappa shape index (κ3) is 8.21. The number of hydrogen-bond donors (Lipinski definition) is 0. The van der Waals surface area contributed by atoms with Crippen LogP contribution in [-0.4, -0.2) is 11.9 Å². The molecule has 0 N–H and O–H groups in total. The molecule has 0 atom stereocenters. The van der Waals surface area contributed by atoms with Gasteiger partial charge in [0.1, 0.15) is 23.1 Å². The van der Waals surface area contributed by atoms with Crippen molar-refractivity contribution in [2.24, 2.45) is 0 Å². The largest absolute Gasteiger partial charge is 0.427 e. The number of nitrogens with zero attached hydrogens (tertiary/aromatic N) is 1. The van der Waals surface area contributed by atoms with E-state index in [1.54, 1.807) is 24.3 Å². The molecule has 0 heterocycles. The van der Waals surface area contributed by atoms with E-state index < -0.39 is 17.6 Å². The summed E-state index contributed by atoms with van der Waals surface area (Å²) < 4.78 is 38.3. The van der Waals surface area contributed by atoms with Crippen molar-refractivity contribution in [3.8, 4) is 28.7 Å². The number of fused-ring (bicyclic) bond motifs is 1. The van der Waals surface area contributed by atoms with E-state index in [1.165, 1.54) is 36.4 Å². The summed E-state index contributed by atoms with van der Waals surface area (Å²) in [5, 5.41) is 10.8. The Hall–Kier alpha value is -4.57. The van der Waals surface area contributed by atoms with Gasteiger partial charge in [-0.1, -0.05) is 49.9 Å². The summed E-state index contributed by atoms with van der Waals surface area (Å²) in [6.07, 6.45) is 5.55. The first kappa shape index (κ1) is 28.4. The first-order valence-corrected chi connectivity index (χ1v) is 13.3. The van der Waals surface area contributed by atoms with E-state index in [9.17, 15) is 18.4 Å². The summed E-state index contributed by atoms with van der Waals surface area (Å²) in [6, 6.07) is 22.5. The molecule has 0 saturated carbocycles. The van der Waals surface area contributed by atoms with Gasteiger partial charge < -0.3 is 9.47 Å². The van der Waals surface area contributed by atoms with Gasteiger partial charge in [0.05, 0.1) is 11.6 Å². The third-order valence-electron chi connectivity index (χ3n) is 6.51. The van der Waals surface area contributed by atoms with Gasteiger partial charge in [0.15, 0.2) is 0 Å². The topological polar surface area (TPSA) is 76.4 Å². The molecule has 0 saturated heterocycles. The van der Waals surface area contributed by atoms with Gasteiger partial charge in [-0.05, 0) is 77.7 Å². The first-order chi connectivity index (χ1) is 19.4. The lowest BCUT2D eigenvalue weighted by molar-refractivity contribution is -0.135. The van der Waals surface area contributed by atoms with Gasteiger partial charge in [0.25, 0.3) is 0 Å². The maximum atomic E-state index is 14.5. The van der Waals surface area contributed by atoms with E-state index in [-0.39, 0.29) is 18.1 Å². The molecular formula is C33H29F2NO4. The van der Waals surface area contributed by atoms with Crippen molar-refractivity contribution in [2.45, 2.75) is 51.4 Å². The zero-order valence-corrected chi connectivity index (χ0v) is 22.0. The normalized spacial score (nSPS) is 10.7. The molecule has 204 valence electrons. The zero-order valence-electron chi connectivity index (χ0n) is 22.0. The number of hydrogen-bond acceptors (Lipinski definition) is 5. The van der Waals surface area contributed by atoms with Gasteiger partial charge in [-0.25, -0.2) is 8.78 Å². The fraction of sp³-hybridized carbons (Fsp3) is 0.242. The van der Waals surface area contributed by atoms with Crippen molar-refractivity contribution in [2.75, 3.05) is 0 Å². The molecule has 0 radical (unpaired) electrons. The molecule has 7 heteroatoms. The molecule has 40 heavy (non-hydrogen) atoms. The van der Waals surface area contributed by atoms with E-state index in [2.05, 4.69) is 6.07 Å². The van der Waals surface area contributed by atoms with Gasteiger partial charge >= 0.3 is 11.9 Å². The average molecular weight is 542 g/mol. The minimum absolute atomic E-state index is 0.136. The first-order valence-electron chi connectivity index (χ1n) is 13.3. The number of halogens is 2. The van der Waals surface area contributed by atoms with Gasteiger partial charge in [-0.15, -0.1) is 0 Å². The van der Waals surface area contributed by atoms with Crippen molar-refractivity contribution < 1.29 is 27.8 Å². The molecule has 4 aromatic carbocycles. The zero-order chi connectivity index (χ0) is 28.3. The molecule has 0 aliphatic carbocycles. The monoisotopic (exact) mass is 541 g/mol. The molecular weight excluding hydrogens is 512 g/mol. The third-order valence-corrected chi connectivity index (χ3v) is 6.51. The van der Waals surface area contributed by atoms with Crippen LogP contribution < -0.4 is 9.47 Å². The van der Waals surface area contributed by atoms with Crippen LogP contribution in [0.25, 0.3) is 21.9 Å². The van der Waals surface area contributed by atoms with Crippen LogP contribution in [0.3, 0.4) is 0 Å². The van der Waals surface area contributed by atoms with Crippen LogP contribution in [0.2, 0.25) is 0 Å². The van der Waals surface area contributed by atoms with Crippen molar-refractivity contribution in [1.29, 1.82) is 5.26 Å². The molecule has 4 aromatic rings. The maximum absolute atomic E-state index is 14.5. The Bertz CT molecular complexity index is 1530. The van der Waals surface area contributed by atoms with E-state index in [0.717, 1.165) is 48.9 Å². The number of unbranched alkanes of at least 4 members (excludes halogenated alkanes) is 5. The highest BCUT2D eigenvalue weighted by Crippen LogP contribution is 2.27. The van der Waals surface area contributed by atoms with Crippen LogP contribution in [0.1, 0.15) is 56.9 Å². The minimum Gasteiger partial charge on any atom is -0.427 e.